The molecule has 1 fully saturated rings. The van der Waals surface area contributed by atoms with Crippen molar-refractivity contribution in [2.75, 3.05) is 13.1 Å². The number of hydrogen-bond acceptors (Lipinski definition) is 4. The van der Waals surface area contributed by atoms with Gasteiger partial charge in [0.05, 0.1) is 22.7 Å². The minimum Gasteiger partial charge on any atom is -0.338 e. The molecule has 1 aliphatic rings. The molecule has 5 rings (SSSR count). The Kier molecular flexibility index (Phi) is 4.73. The molecule has 2 aromatic heterocycles. The summed E-state index contributed by atoms with van der Waals surface area (Å²) in [6, 6.07) is 13.0. The lowest BCUT2D eigenvalue weighted by Gasteiger charge is -2.31. The van der Waals surface area contributed by atoms with E-state index in [2.05, 4.69) is 10.1 Å². The molecule has 0 unspecified atom stereocenters. The SMILES string of the molecule is Cn1ncc2cc(-c3cccc4cc(C(=O)N5CCC(F)(F)CC5)cnc34)ccc2c1=O. The second kappa shape index (κ2) is 7.47. The Morgan fingerprint density at radius 1 is 1.03 bits per heavy atom. The topological polar surface area (TPSA) is 68.1 Å². The quantitative estimate of drug-likeness (QED) is 0.478. The average Bonchev–Trinajstić information content (AvgIpc) is 2.80. The highest BCUT2D eigenvalue weighted by atomic mass is 19.3. The van der Waals surface area contributed by atoms with Crippen LogP contribution in [0, 0.1) is 0 Å². The highest BCUT2D eigenvalue weighted by Crippen LogP contribution is 2.31. The summed E-state index contributed by atoms with van der Waals surface area (Å²) in [5, 5.41) is 6.18. The zero-order chi connectivity index (χ0) is 22.5. The number of pyridine rings is 1. The van der Waals surface area contributed by atoms with Crippen LogP contribution in [0.5, 0.6) is 0 Å². The zero-order valence-corrected chi connectivity index (χ0v) is 17.4. The Hall–Kier alpha value is -3.68. The molecular formula is C24H20F2N4O2. The van der Waals surface area contributed by atoms with E-state index in [9.17, 15) is 18.4 Å². The van der Waals surface area contributed by atoms with Gasteiger partial charge in [-0.3, -0.25) is 14.6 Å². The van der Waals surface area contributed by atoms with Crippen LogP contribution < -0.4 is 5.56 Å². The van der Waals surface area contributed by atoms with Gasteiger partial charge in [0.1, 0.15) is 0 Å². The van der Waals surface area contributed by atoms with E-state index in [0.29, 0.717) is 16.5 Å². The predicted molar refractivity (Wildman–Crippen MR) is 118 cm³/mol. The number of nitrogens with zero attached hydrogens (tertiary/aromatic N) is 4. The van der Waals surface area contributed by atoms with Crippen molar-refractivity contribution < 1.29 is 13.6 Å². The third-order valence-corrected chi connectivity index (χ3v) is 6.00. The van der Waals surface area contributed by atoms with Crippen molar-refractivity contribution >= 4 is 27.6 Å². The molecule has 8 heteroatoms. The summed E-state index contributed by atoms with van der Waals surface area (Å²) in [6.45, 7) is 0.0724. The highest BCUT2D eigenvalue weighted by molar-refractivity contribution is 6.01. The van der Waals surface area contributed by atoms with E-state index in [1.165, 1.54) is 15.8 Å². The summed E-state index contributed by atoms with van der Waals surface area (Å²) in [5.74, 6) is -2.99. The molecule has 0 N–H and O–H groups in total. The standard InChI is InChI=1S/C24H20F2N4O2/c1-29-23(32)20-6-5-15(11-17(20)14-28-29)19-4-2-3-16-12-18(13-27-21(16)19)22(31)30-9-7-24(25,26)8-10-30/h2-6,11-14H,7-10H2,1H3. The van der Waals surface area contributed by atoms with E-state index in [4.69, 9.17) is 0 Å². The number of carbonyl (C=O) groups excluding carboxylic acids is 1. The van der Waals surface area contributed by atoms with Gasteiger partial charge in [-0.2, -0.15) is 5.10 Å². The van der Waals surface area contributed by atoms with Crippen molar-refractivity contribution in [3.8, 4) is 11.1 Å². The van der Waals surface area contributed by atoms with Gasteiger partial charge in [-0.1, -0.05) is 24.3 Å². The second-order valence-electron chi connectivity index (χ2n) is 8.12. The first-order chi connectivity index (χ1) is 15.3. The largest absolute Gasteiger partial charge is 0.338 e. The van der Waals surface area contributed by atoms with Gasteiger partial charge in [-0.15, -0.1) is 0 Å². The maximum Gasteiger partial charge on any atom is 0.274 e. The Bertz CT molecular complexity index is 1420. The first-order valence-corrected chi connectivity index (χ1v) is 10.3. The molecule has 1 aliphatic heterocycles. The minimum atomic E-state index is -2.70. The van der Waals surface area contributed by atoms with Crippen molar-refractivity contribution in [2.24, 2.45) is 7.05 Å². The van der Waals surface area contributed by atoms with Gasteiger partial charge in [0.2, 0.25) is 0 Å². The maximum atomic E-state index is 13.4. The molecule has 162 valence electrons. The van der Waals surface area contributed by atoms with Gasteiger partial charge in [-0.05, 0) is 23.8 Å². The van der Waals surface area contributed by atoms with Crippen LogP contribution in [0.3, 0.4) is 0 Å². The summed E-state index contributed by atoms with van der Waals surface area (Å²) >= 11 is 0. The van der Waals surface area contributed by atoms with Crippen LogP contribution in [0.25, 0.3) is 32.8 Å². The number of halogens is 2. The van der Waals surface area contributed by atoms with E-state index in [1.54, 1.807) is 25.4 Å². The number of likely N-dealkylation sites (tertiary alicyclic amines) is 1. The summed E-state index contributed by atoms with van der Waals surface area (Å²) in [6.07, 6.45) is 2.52. The molecule has 0 aliphatic carbocycles. The number of benzene rings is 2. The fourth-order valence-electron chi connectivity index (χ4n) is 4.14. The van der Waals surface area contributed by atoms with E-state index >= 15 is 0 Å². The Labute approximate surface area is 182 Å². The van der Waals surface area contributed by atoms with Gasteiger partial charge < -0.3 is 4.90 Å². The third kappa shape index (κ3) is 3.51. The molecule has 6 nitrogen and oxygen atoms in total. The van der Waals surface area contributed by atoms with E-state index in [1.807, 2.05) is 30.3 Å². The number of aromatic nitrogens is 3. The molecule has 2 aromatic carbocycles. The van der Waals surface area contributed by atoms with Gasteiger partial charge in [0.25, 0.3) is 17.4 Å². The highest BCUT2D eigenvalue weighted by Gasteiger charge is 2.35. The average molecular weight is 434 g/mol. The third-order valence-electron chi connectivity index (χ3n) is 6.00. The van der Waals surface area contributed by atoms with Crippen molar-refractivity contribution in [1.29, 1.82) is 0 Å². The predicted octanol–water partition coefficient (Wildman–Crippen LogP) is 4.02. The zero-order valence-electron chi connectivity index (χ0n) is 17.4. The molecule has 0 saturated carbocycles. The molecule has 1 saturated heterocycles. The number of fused-ring (bicyclic) bond motifs is 2. The van der Waals surface area contributed by atoms with Crippen molar-refractivity contribution in [3.05, 3.63) is 70.8 Å². The number of carbonyl (C=O) groups is 1. The molecule has 3 heterocycles. The number of aryl methyl sites for hydroxylation is 1. The van der Waals surface area contributed by atoms with Crippen LogP contribution in [0.15, 0.2) is 59.7 Å². The van der Waals surface area contributed by atoms with E-state index in [0.717, 1.165) is 21.9 Å². The van der Waals surface area contributed by atoms with Crippen LogP contribution >= 0.6 is 0 Å². The van der Waals surface area contributed by atoms with E-state index < -0.39 is 5.92 Å². The van der Waals surface area contributed by atoms with Crippen LogP contribution in [0.1, 0.15) is 23.2 Å². The Morgan fingerprint density at radius 3 is 2.59 bits per heavy atom. The van der Waals surface area contributed by atoms with Crippen molar-refractivity contribution in [1.82, 2.24) is 19.7 Å². The van der Waals surface area contributed by atoms with Gasteiger partial charge in [0, 0.05) is 55.5 Å². The summed E-state index contributed by atoms with van der Waals surface area (Å²) < 4.78 is 28.1. The number of alkyl halides is 2. The molecule has 0 bridgehead atoms. The normalized spacial score (nSPS) is 15.9. The molecule has 0 radical (unpaired) electrons. The number of para-hydroxylation sites is 1. The fraction of sp³-hybridized carbons (Fsp3) is 0.250. The van der Waals surface area contributed by atoms with Gasteiger partial charge >= 0.3 is 0 Å². The molecule has 4 aromatic rings. The molecule has 0 spiro atoms. The molecule has 1 amide bonds. The summed E-state index contributed by atoms with van der Waals surface area (Å²) in [5.41, 5.74) is 2.67. The second-order valence-corrected chi connectivity index (χ2v) is 8.12. The van der Waals surface area contributed by atoms with Crippen molar-refractivity contribution in [2.45, 2.75) is 18.8 Å². The maximum absolute atomic E-state index is 13.4. The van der Waals surface area contributed by atoms with Crippen LogP contribution in [-0.2, 0) is 7.05 Å². The molecule has 0 atom stereocenters. The van der Waals surface area contributed by atoms with Crippen LogP contribution in [0.2, 0.25) is 0 Å². The van der Waals surface area contributed by atoms with Gasteiger partial charge in [0.15, 0.2) is 0 Å². The fourth-order valence-corrected chi connectivity index (χ4v) is 4.14. The number of rotatable bonds is 2. The molecular weight excluding hydrogens is 414 g/mol. The molecule has 32 heavy (non-hydrogen) atoms. The monoisotopic (exact) mass is 434 g/mol. The Morgan fingerprint density at radius 2 is 1.81 bits per heavy atom. The van der Waals surface area contributed by atoms with Gasteiger partial charge in [-0.25, -0.2) is 13.5 Å². The smallest absolute Gasteiger partial charge is 0.274 e. The Balaban J connectivity index is 1.51. The lowest BCUT2D eigenvalue weighted by Crippen LogP contribution is -2.42. The lowest BCUT2D eigenvalue weighted by molar-refractivity contribution is -0.0494. The minimum absolute atomic E-state index is 0.0362. The summed E-state index contributed by atoms with van der Waals surface area (Å²) in [4.78, 5) is 31.1. The first-order valence-electron chi connectivity index (χ1n) is 10.3. The number of piperidine rings is 1. The number of amides is 1. The number of hydrogen-bond donors (Lipinski definition) is 0. The van der Waals surface area contributed by atoms with Crippen LogP contribution in [-0.4, -0.2) is 44.6 Å². The van der Waals surface area contributed by atoms with E-state index in [-0.39, 0.29) is 37.4 Å². The lowest BCUT2D eigenvalue weighted by atomic mass is 9.99. The summed E-state index contributed by atoms with van der Waals surface area (Å²) in [7, 11) is 1.61. The van der Waals surface area contributed by atoms with Crippen molar-refractivity contribution in [3.63, 3.8) is 0 Å². The first kappa shape index (κ1) is 20.2. The van der Waals surface area contributed by atoms with Crippen LogP contribution in [0.4, 0.5) is 8.78 Å².